The van der Waals surface area contributed by atoms with E-state index in [1.165, 1.54) is 0 Å². The molecule has 0 saturated carbocycles. The largest absolute Gasteiger partial charge is 0.480 e. The number of amides is 2. The quantitative estimate of drug-likeness (QED) is 0.591. The van der Waals surface area contributed by atoms with Gasteiger partial charge in [0.1, 0.15) is 6.04 Å². The first-order valence-corrected chi connectivity index (χ1v) is 6.27. The van der Waals surface area contributed by atoms with Crippen molar-refractivity contribution in [1.29, 1.82) is 0 Å². The number of aliphatic hydroxyl groups excluding tert-OH is 1. The van der Waals surface area contributed by atoms with E-state index in [1.807, 2.05) is 12.1 Å². The van der Waals surface area contributed by atoms with Crippen LogP contribution in [0.1, 0.15) is 6.42 Å². The molecule has 0 aliphatic carbocycles. The van der Waals surface area contributed by atoms with Crippen LogP contribution in [0, 0.1) is 3.57 Å². The number of aliphatic hydroxyl groups is 1. The highest BCUT2D eigenvalue weighted by Gasteiger charge is 2.18. The van der Waals surface area contributed by atoms with E-state index in [0.29, 0.717) is 5.69 Å². The number of rotatable bonds is 5. The number of hydrogen-bond acceptors (Lipinski definition) is 3. The second-order valence-electron chi connectivity index (χ2n) is 3.51. The Morgan fingerprint density at radius 1 is 1.28 bits per heavy atom. The molecule has 0 radical (unpaired) electrons. The third-order valence-electron chi connectivity index (χ3n) is 2.12. The van der Waals surface area contributed by atoms with E-state index >= 15 is 0 Å². The lowest BCUT2D eigenvalue weighted by molar-refractivity contribution is -0.139. The van der Waals surface area contributed by atoms with Crippen LogP contribution in [0.15, 0.2) is 24.3 Å². The number of aliphatic carboxylic acids is 1. The van der Waals surface area contributed by atoms with Gasteiger partial charge in [-0.15, -0.1) is 0 Å². The average Bonchev–Trinajstić information content (AvgIpc) is 2.31. The summed E-state index contributed by atoms with van der Waals surface area (Å²) in [6, 6.07) is 5.35. The van der Waals surface area contributed by atoms with Gasteiger partial charge >= 0.3 is 12.0 Å². The summed E-state index contributed by atoms with van der Waals surface area (Å²) in [4.78, 5) is 22.3. The Morgan fingerprint density at radius 2 is 1.89 bits per heavy atom. The first kappa shape index (κ1) is 14.7. The van der Waals surface area contributed by atoms with Gasteiger partial charge in [0.2, 0.25) is 0 Å². The van der Waals surface area contributed by atoms with Crippen molar-refractivity contribution in [2.24, 2.45) is 0 Å². The summed E-state index contributed by atoms with van der Waals surface area (Å²) in [7, 11) is 0. The molecule has 6 nitrogen and oxygen atoms in total. The summed E-state index contributed by atoms with van der Waals surface area (Å²) in [6.45, 7) is -0.305. The van der Waals surface area contributed by atoms with Crippen LogP contribution in [0.4, 0.5) is 10.5 Å². The molecule has 4 N–H and O–H groups in total. The van der Waals surface area contributed by atoms with Gasteiger partial charge in [-0.3, -0.25) is 0 Å². The summed E-state index contributed by atoms with van der Waals surface area (Å²) >= 11 is 2.14. The summed E-state index contributed by atoms with van der Waals surface area (Å²) in [5.74, 6) is -1.18. The molecule has 0 fully saturated rings. The van der Waals surface area contributed by atoms with Gasteiger partial charge < -0.3 is 20.8 Å². The maximum atomic E-state index is 11.5. The van der Waals surface area contributed by atoms with E-state index in [0.717, 1.165) is 3.57 Å². The van der Waals surface area contributed by atoms with E-state index in [9.17, 15) is 9.59 Å². The Hall–Kier alpha value is -1.35. The number of carbonyl (C=O) groups excluding carboxylic acids is 1. The van der Waals surface area contributed by atoms with Gasteiger partial charge in [-0.05, 0) is 46.9 Å². The van der Waals surface area contributed by atoms with E-state index in [2.05, 4.69) is 33.2 Å². The zero-order valence-electron chi connectivity index (χ0n) is 9.39. The molecule has 18 heavy (non-hydrogen) atoms. The molecule has 0 aliphatic heterocycles. The van der Waals surface area contributed by atoms with Crippen LogP contribution in [0.3, 0.4) is 0 Å². The smallest absolute Gasteiger partial charge is 0.326 e. The van der Waals surface area contributed by atoms with Crippen molar-refractivity contribution in [1.82, 2.24) is 5.32 Å². The minimum Gasteiger partial charge on any atom is -0.480 e. The molecular weight excluding hydrogens is 351 g/mol. The molecule has 0 heterocycles. The predicted octanol–water partition coefficient (Wildman–Crippen LogP) is 1.25. The molecule has 1 rings (SSSR count). The summed E-state index contributed by atoms with van der Waals surface area (Å²) in [5, 5.41) is 22.3. The van der Waals surface area contributed by atoms with Gasteiger partial charge in [0.15, 0.2) is 0 Å². The Labute approximate surface area is 118 Å². The van der Waals surface area contributed by atoms with Crippen LogP contribution in [0.5, 0.6) is 0 Å². The van der Waals surface area contributed by atoms with E-state index in [4.69, 9.17) is 10.2 Å². The molecule has 0 saturated heterocycles. The van der Waals surface area contributed by atoms with Gasteiger partial charge in [0.05, 0.1) is 0 Å². The van der Waals surface area contributed by atoms with E-state index in [-0.39, 0.29) is 13.0 Å². The van der Waals surface area contributed by atoms with Crippen LogP contribution >= 0.6 is 22.6 Å². The Morgan fingerprint density at radius 3 is 2.39 bits per heavy atom. The molecule has 1 aromatic rings. The molecule has 1 aromatic carbocycles. The number of halogens is 1. The van der Waals surface area contributed by atoms with Gasteiger partial charge in [-0.1, -0.05) is 0 Å². The lowest BCUT2D eigenvalue weighted by Gasteiger charge is -2.14. The van der Waals surface area contributed by atoms with Crippen molar-refractivity contribution in [3.8, 4) is 0 Å². The monoisotopic (exact) mass is 364 g/mol. The topological polar surface area (TPSA) is 98.7 Å². The molecule has 0 unspecified atom stereocenters. The molecule has 98 valence electrons. The first-order chi connectivity index (χ1) is 8.52. The molecule has 0 bridgehead atoms. The lowest BCUT2D eigenvalue weighted by atomic mass is 10.2. The highest BCUT2D eigenvalue weighted by atomic mass is 127. The van der Waals surface area contributed by atoms with Crippen molar-refractivity contribution >= 4 is 40.3 Å². The van der Waals surface area contributed by atoms with Crippen LogP contribution < -0.4 is 10.6 Å². The number of benzene rings is 1. The van der Waals surface area contributed by atoms with Crippen molar-refractivity contribution in [3.05, 3.63) is 27.8 Å². The maximum Gasteiger partial charge on any atom is 0.326 e. The van der Waals surface area contributed by atoms with Crippen molar-refractivity contribution in [3.63, 3.8) is 0 Å². The van der Waals surface area contributed by atoms with Crippen LogP contribution in [0.25, 0.3) is 0 Å². The molecule has 7 heteroatoms. The fourth-order valence-corrected chi connectivity index (χ4v) is 1.60. The number of hydrogen-bond donors (Lipinski definition) is 4. The highest BCUT2D eigenvalue weighted by molar-refractivity contribution is 14.1. The minimum absolute atomic E-state index is 0.0323. The number of nitrogens with one attached hydrogen (secondary N) is 2. The number of carboxylic acids is 1. The second-order valence-corrected chi connectivity index (χ2v) is 4.75. The standard InChI is InChI=1S/C11H13IN2O4/c12-7-1-3-8(4-2-7)13-11(18)14-9(5-6-15)10(16)17/h1-4,9,15H,5-6H2,(H,16,17)(H2,13,14,18)/t9-/m0/s1. The predicted molar refractivity (Wildman–Crippen MR) is 74.4 cm³/mol. The van der Waals surface area contributed by atoms with E-state index < -0.39 is 18.0 Å². The lowest BCUT2D eigenvalue weighted by Crippen LogP contribution is -2.43. The first-order valence-electron chi connectivity index (χ1n) is 5.19. The summed E-state index contributed by atoms with van der Waals surface area (Å²) in [6.07, 6.45) is -0.0323. The molecular formula is C11H13IN2O4. The Kier molecular flexibility index (Phi) is 5.86. The average molecular weight is 364 g/mol. The zero-order valence-corrected chi connectivity index (χ0v) is 11.5. The van der Waals surface area contributed by atoms with Gasteiger partial charge in [-0.25, -0.2) is 9.59 Å². The second kappa shape index (κ2) is 7.17. The van der Waals surface area contributed by atoms with Crippen LogP contribution in [-0.2, 0) is 4.79 Å². The van der Waals surface area contributed by atoms with Crippen molar-refractivity contribution < 1.29 is 19.8 Å². The van der Waals surface area contributed by atoms with Gasteiger partial charge in [-0.2, -0.15) is 0 Å². The Balaban J connectivity index is 2.54. The minimum atomic E-state index is -1.18. The SMILES string of the molecule is O=C(Nc1ccc(I)cc1)N[C@@H](CCO)C(=O)O. The van der Waals surface area contributed by atoms with Crippen molar-refractivity contribution in [2.45, 2.75) is 12.5 Å². The maximum absolute atomic E-state index is 11.5. The third-order valence-corrected chi connectivity index (χ3v) is 2.84. The molecule has 0 aliphatic rings. The summed E-state index contributed by atoms with van der Waals surface area (Å²) < 4.78 is 1.03. The highest BCUT2D eigenvalue weighted by Crippen LogP contribution is 2.10. The number of carboxylic acid groups (broad SMARTS) is 1. The number of carbonyl (C=O) groups is 2. The Bertz CT molecular complexity index is 422. The van der Waals surface area contributed by atoms with E-state index in [1.54, 1.807) is 12.1 Å². The van der Waals surface area contributed by atoms with Crippen LogP contribution in [-0.4, -0.2) is 34.9 Å². The number of anilines is 1. The number of urea groups is 1. The van der Waals surface area contributed by atoms with Crippen molar-refractivity contribution in [2.75, 3.05) is 11.9 Å². The third kappa shape index (κ3) is 4.88. The normalized spacial score (nSPS) is 11.7. The summed E-state index contributed by atoms with van der Waals surface area (Å²) in [5.41, 5.74) is 0.570. The molecule has 0 spiro atoms. The fraction of sp³-hybridized carbons (Fsp3) is 0.273. The zero-order chi connectivity index (χ0) is 13.5. The molecule has 1 atom stereocenters. The van der Waals surface area contributed by atoms with Gasteiger partial charge in [0.25, 0.3) is 0 Å². The molecule has 2 amide bonds. The van der Waals surface area contributed by atoms with Gasteiger partial charge in [0, 0.05) is 22.3 Å². The molecule has 0 aromatic heterocycles. The fourth-order valence-electron chi connectivity index (χ4n) is 1.25. The van der Waals surface area contributed by atoms with Crippen LogP contribution in [0.2, 0.25) is 0 Å².